The largest absolute Gasteiger partial charge is 0.343 e. The molecule has 1 aromatic rings. The van der Waals surface area contributed by atoms with Gasteiger partial charge in [-0.05, 0) is 37.8 Å². The summed E-state index contributed by atoms with van der Waals surface area (Å²) in [4.78, 5) is 26.3. The minimum atomic E-state index is -3.07. The Morgan fingerprint density at radius 1 is 1.12 bits per heavy atom. The summed E-state index contributed by atoms with van der Waals surface area (Å²) in [7, 11) is -3.07. The fourth-order valence-corrected chi connectivity index (χ4v) is 4.97. The summed E-state index contributed by atoms with van der Waals surface area (Å²) in [5, 5.41) is 2.31. The minimum absolute atomic E-state index is 0.0235. The number of nitrogens with one attached hydrogen (secondary N) is 1. The van der Waals surface area contributed by atoms with E-state index in [-0.39, 0.29) is 35.7 Å². The fraction of sp³-hybridized carbons (Fsp3) is 0.529. The summed E-state index contributed by atoms with van der Waals surface area (Å²) in [6.45, 7) is -0.0513. The van der Waals surface area contributed by atoms with E-state index in [4.69, 9.17) is 0 Å². The van der Waals surface area contributed by atoms with Gasteiger partial charge in [-0.15, -0.1) is 0 Å². The Bertz CT molecular complexity index is 718. The van der Waals surface area contributed by atoms with Gasteiger partial charge in [0.15, 0.2) is 0 Å². The van der Waals surface area contributed by atoms with E-state index in [2.05, 4.69) is 5.32 Å². The van der Waals surface area contributed by atoms with Crippen molar-refractivity contribution >= 4 is 21.7 Å². The van der Waals surface area contributed by atoms with Crippen LogP contribution in [0.25, 0.3) is 0 Å². The van der Waals surface area contributed by atoms with Crippen LogP contribution in [0.4, 0.5) is 0 Å². The number of nitrogens with zero attached hydrogens (tertiary/aromatic N) is 1. The number of benzene rings is 1. The lowest BCUT2D eigenvalue weighted by Crippen LogP contribution is -2.52. The van der Waals surface area contributed by atoms with Gasteiger partial charge in [-0.2, -0.15) is 0 Å². The van der Waals surface area contributed by atoms with Crippen molar-refractivity contribution in [3.8, 4) is 0 Å². The number of piperidine rings is 1. The molecule has 2 heterocycles. The van der Waals surface area contributed by atoms with Crippen LogP contribution >= 0.6 is 0 Å². The highest BCUT2D eigenvalue weighted by Crippen LogP contribution is 2.37. The molecule has 2 aliphatic rings. The van der Waals surface area contributed by atoms with Crippen molar-refractivity contribution < 1.29 is 18.0 Å². The Labute approximate surface area is 142 Å². The molecule has 0 aromatic heterocycles. The molecule has 0 spiro atoms. The molecule has 2 fully saturated rings. The number of hydrogen-bond donors (Lipinski definition) is 1. The van der Waals surface area contributed by atoms with Crippen molar-refractivity contribution in [2.24, 2.45) is 0 Å². The van der Waals surface area contributed by atoms with E-state index in [1.807, 2.05) is 6.07 Å². The zero-order chi connectivity index (χ0) is 17.3. The van der Waals surface area contributed by atoms with Crippen molar-refractivity contribution in [3.63, 3.8) is 0 Å². The third-order valence-corrected chi connectivity index (χ3v) is 6.62. The van der Waals surface area contributed by atoms with Gasteiger partial charge >= 0.3 is 0 Å². The Morgan fingerprint density at radius 3 is 2.25 bits per heavy atom. The highest BCUT2D eigenvalue weighted by atomic mass is 32.2. The molecule has 0 radical (unpaired) electrons. The molecule has 130 valence electrons. The van der Waals surface area contributed by atoms with Crippen LogP contribution in [0.3, 0.4) is 0 Å². The fourth-order valence-electron chi connectivity index (χ4n) is 3.82. The van der Waals surface area contributed by atoms with Crippen LogP contribution in [0.2, 0.25) is 0 Å². The lowest BCUT2D eigenvalue weighted by Gasteiger charge is -2.38. The summed E-state index contributed by atoms with van der Waals surface area (Å²) >= 11 is 0. The van der Waals surface area contributed by atoms with Crippen LogP contribution in [-0.4, -0.2) is 55.3 Å². The third-order valence-electron chi connectivity index (χ3n) is 5.02. The molecule has 2 bridgehead atoms. The number of fused-ring (bicyclic) bond motifs is 2. The molecule has 1 N–H and O–H groups in total. The van der Waals surface area contributed by atoms with E-state index in [0.29, 0.717) is 18.4 Å². The van der Waals surface area contributed by atoms with Gasteiger partial charge in [0, 0.05) is 23.9 Å². The molecule has 0 aliphatic carbocycles. The van der Waals surface area contributed by atoms with Gasteiger partial charge in [0.25, 0.3) is 5.91 Å². The first-order valence-electron chi connectivity index (χ1n) is 8.19. The monoisotopic (exact) mass is 350 g/mol. The molecular formula is C17H22N2O4S. The van der Waals surface area contributed by atoms with Crippen LogP contribution in [0.5, 0.6) is 0 Å². The minimum Gasteiger partial charge on any atom is -0.343 e. The van der Waals surface area contributed by atoms with Crippen LogP contribution in [0.15, 0.2) is 30.3 Å². The lowest BCUT2D eigenvalue weighted by molar-refractivity contribution is -0.134. The highest BCUT2D eigenvalue weighted by Gasteiger charge is 2.45. The van der Waals surface area contributed by atoms with Gasteiger partial charge in [-0.1, -0.05) is 18.2 Å². The van der Waals surface area contributed by atoms with E-state index in [0.717, 1.165) is 12.8 Å². The quantitative estimate of drug-likeness (QED) is 0.877. The van der Waals surface area contributed by atoms with E-state index in [1.54, 1.807) is 29.2 Å². The SMILES string of the molecule is CS(=O)(=O)C1C[C@H]2CC[C@@H](C1)N2C(=O)CNC(=O)c1ccccc1. The average molecular weight is 350 g/mol. The standard InChI is InChI=1S/C17H22N2O4S/c1-24(22,23)15-9-13-7-8-14(10-15)19(13)16(20)11-18-17(21)12-5-3-2-4-6-12/h2-6,13-15H,7-11H2,1H3,(H,18,21)/t13-,14+,15?. The smallest absolute Gasteiger partial charge is 0.251 e. The van der Waals surface area contributed by atoms with Crippen molar-refractivity contribution in [2.45, 2.75) is 43.0 Å². The zero-order valence-electron chi connectivity index (χ0n) is 13.6. The van der Waals surface area contributed by atoms with Gasteiger partial charge < -0.3 is 10.2 Å². The highest BCUT2D eigenvalue weighted by molar-refractivity contribution is 7.91. The number of hydrogen-bond acceptors (Lipinski definition) is 4. The maximum atomic E-state index is 12.5. The van der Waals surface area contributed by atoms with Gasteiger partial charge in [0.1, 0.15) is 9.84 Å². The summed E-state index contributed by atoms with van der Waals surface area (Å²) in [6.07, 6.45) is 3.97. The van der Waals surface area contributed by atoms with Gasteiger partial charge in [-0.25, -0.2) is 8.42 Å². The molecule has 2 amide bonds. The van der Waals surface area contributed by atoms with E-state index in [1.165, 1.54) is 6.26 Å². The second-order valence-electron chi connectivity index (χ2n) is 6.66. The van der Waals surface area contributed by atoms with E-state index < -0.39 is 9.84 Å². The third kappa shape index (κ3) is 3.45. The Morgan fingerprint density at radius 2 is 1.71 bits per heavy atom. The second-order valence-corrected chi connectivity index (χ2v) is 8.98. The predicted molar refractivity (Wildman–Crippen MR) is 90.3 cm³/mol. The lowest BCUT2D eigenvalue weighted by atomic mass is 10.0. The van der Waals surface area contributed by atoms with Gasteiger partial charge in [-0.3, -0.25) is 9.59 Å². The van der Waals surface area contributed by atoms with E-state index in [9.17, 15) is 18.0 Å². The van der Waals surface area contributed by atoms with Crippen molar-refractivity contribution in [3.05, 3.63) is 35.9 Å². The van der Waals surface area contributed by atoms with Crippen LogP contribution in [-0.2, 0) is 14.6 Å². The first-order valence-corrected chi connectivity index (χ1v) is 10.1. The molecule has 2 saturated heterocycles. The summed E-state index contributed by atoms with van der Waals surface area (Å²) in [5.41, 5.74) is 0.518. The maximum absolute atomic E-state index is 12.5. The molecule has 7 heteroatoms. The van der Waals surface area contributed by atoms with E-state index >= 15 is 0 Å². The second kappa shape index (κ2) is 6.55. The topological polar surface area (TPSA) is 83.6 Å². The van der Waals surface area contributed by atoms with Crippen LogP contribution in [0.1, 0.15) is 36.0 Å². The zero-order valence-corrected chi connectivity index (χ0v) is 14.5. The first kappa shape index (κ1) is 17.0. The molecular weight excluding hydrogens is 328 g/mol. The summed E-state index contributed by atoms with van der Waals surface area (Å²) in [6, 6.07) is 8.71. The first-order chi connectivity index (χ1) is 11.4. The predicted octanol–water partition coefficient (Wildman–Crippen LogP) is 0.983. The van der Waals surface area contributed by atoms with Gasteiger partial charge in [0.05, 0.1) is 11.8 Å². The summed E-state index contributed by atoms with van der Waals surface area (Å²) < 4.78 is 23.6. The number of carbonyl (C=O) groups excluding carboxylic acids is 2. The average Bonchev–Trinajstić information content (AvgIpc) is 2.81. The number of amides is 2. The number of sulfone groups is 1. The van der Waals surface area contributed by atoms with Crippen molar-refractivity contribution in [1.82, 2.24) is 10.2 Å². The van der Waals surface area contributed by atoms with Gasteiger partial charge in [0.2, 0.25) is 5.91 Å². The van der Waals surface area contributed by atoms with Crippen molar-refractivity contribution in [2.75, 3.05) is 12.8 Å². The van der Waals surface area contributed by atoms with Crippen molar-refractivity contribution in [1.29, 1.82) is 0 Å². The number of rotatable bonds is 4. The molecule has 3 rings (SSSR count). The summed E-state index contributed by atoms with van der Waals surface area (Å²) in [5.74, 6) is -0.402. The Balaban J connectivity index is 1.60. The molecule has 0 saturated carbocycles. The molecule has 1 unspecified atom stereocenters. The van der Waals surface area contributed by atoms with Crippen LogP contribution in [0, 0.1) is 0 Å². The molecule has 24 heavy (non-hydrogen) atoms. The number of carbonyl (C=O) groups is 2. The maximum Gasteiger partial charge on any atom is 0.251 e. The van der Waals surface area contributed by atoms with Crippen LogP contribution < -0.4 is 5.32 Å². The Kier molecular flexibility index (Phi) is 4.62. The molecule has 3 atom stereocenters. The normalized spacial score (nSPS) is 26.2. The molecule has 6 nitrogen and oxygen atoms in total. The molecule has 1 aromatic carbocycles. The Hall–Kier alpha value is -1.89. The molecule has 2 aliphatic heterocycles.